The van der Waals surface area contributed by atoms with Crippen LogP contribution >= 0.6 is 35.0 Å². The third-order valence-electron chi connectivity index (χ3n) is 5.66. The number of benzene rings is 3. The lowest BCUT2D eigenvalue weighted by Gasteiger charge is -2.13. The standard InChI is InChI=1S/C28H21Cl2N7S/c1-18-6-12-22(13-7-18)32-27-24(14-31)26(19-8-10-21(29)11-9-19)33-28(34-27)38-17-23-16-37(36-35-23)15-20-4-2-3-5-25(20)30/h2-13,16H,15,17H2,1H3,(H,32,33,34). The fourth-order valence-electron chi connectivity index (χ4n) is 3.71. The molecule has 0 radical (unpaired) electrons. The maximum Gasteiger partial charge on any atom is 0.190 e. The van der Waals surface area contributed by atoms with Crippen LogP contribution in [0.1, 0.15) is 22.4 Å². The summed E-state index contributed by atoms with van der Waals surface area (Å²) < 4.78 is 1.75. The van der Waals surface area contributed by atoms with E-state index in [0.717, 1.165) is 28.1 Å². The van der Waals surface area contributed by atoms with E-state index in [9.17, 15) is 5.26 Å². The summed E-state index contributed by atoms with van der Waals surface area (Å²) in [6.45, 7) is 2.54. The summed E-state index contributed by atoms with van der Waals surface area (Å²) in [5, 5.41) is 23.7. The first-order valence-corrected chi connectivity index (χ1v) is 13.4. The van der Waals surface area contributed by atoms with Gasteiger partial charge in [0.2, 0.25) is 0 Å². The van der Waals surface area contributed by atoms with Gasteiger partial charge in [0.15, 0.2) is 11.0 Å². The lowest BCUT2D eigenvalue weighted by molar-refractivity contribution is 0.649. The van der Waals surface area contributed by atoms with Gasteiger partial charge in [-0.2, -0.15) is 5.26 Å². The molecule has 2 heterocycles. The lowest BCUT2D eigenvalue weighted by atomic mass is 10.1. The summed E-state index contributed by atoms with van der Waals surface area (Å²) in [7, 11) is 0. The number of rotatable bonds is 8. The minimum Gasteiger partial charge on any atom is -0.339 e. The minimum absolute atomic E-state index is 0.350. The molecule has 0 aliphatic carbocycles. The van der Waals surface area contributed by atoms with Crippen molar-refractivity contribution in [3.8, 4) is 17.3 Å². The van der Waals surface area contributed by atoms with Crippen molar-refractivity contribution in [3.05, 3.63) is 111 Å². The Morgan fingerprint density at radius 3 is 2.47 bits per heavy atom. The fraction of sp³-hybridized carbons (Fsp3) is 0.107. The van der Waals surface area contributed by atoms with E-state index in [4.69, 9.17) is 28.2 Å². The maximum absolute atomic E-state index is 10.0. The Hall–Kier alpha value is -3.90. The summed E-state index contributed by atoms with van der Waals surface area (Å²) >= 11 is 13.8. The van der Waals surface area contributed by atoms with Gasteiger partial charge in [0.25, 0.3) is 0 Å². The zero-order valence-corrected chi connectivity index (χ0v) is 22.6. The number of aryl methyl sites for hydroxylation is 1. The second kappa shape index (κ2) is 11.7. The monoisotopic (exact) mass is 557 g/mol. The van der Waals surface area contributed by atoms with Gasteiger partial charge < -0.3 is 5.32 Å². The van der Waals surface area contributed by atoms with Gasteiger partial charge in [-0.25, -0.2) is 14.6 Å². The Balaban J connectivity index is 1.42. The molecule has 0 aliphatic rings. The van der Waals surface area contributed by atoms with E-state index >= 15 is 0 Å². The van der Waals surface area contributed by atoms with Gasteiger partial charge in [0.05, 0.1) is 17.9 Å². The van der Waals surface area contributed by atoms with E-state index in [2.05, 4.69) is 26.7 Å². The SMILES string of the molecule is Cc1ccc(Nc2nc(SCc3cn(Cc4ccccc4Cl)nn3)nc(-c3ccc(Cl)cc3)c2C#N)cc1. The predicted octanol–water partition coefficient (Wildman–Crippen LogP) is 7.31. The molecule has 1 N–H and O–H groups in total. The summed E-state index contributed by atoms with van der Waals surface area (Å²) in [4.78, 5) is 9.42. The van der Waals surface area contributed by atoms with Crippen molar-refractivity contribution in [2.24, 2.45) is 0 Å². The zero-order chi connectivity index (χ0) is 26.5. The molecule has 0 amide bonds. The number of thioether (sulfide) groups is 1. The molecule has 0 unspecified atom stereocenters. The zero-order valence-electron chi connectivity index (χ0n) is 20.3. The molecule has 10 heteroatoms. The molecule has 7 nitrogen and oxygen atoms in total. The second-order valence-electron chi connectivity index (χ2n) is 8.48. The summed E-state index contributed by atoms with van der Waals surface area (Å²) in [6.07, 6.45) is 1.88. The highest BCUT2D eigenvalue weighted by Gasteiger charge is 2.17. The third-order valence-corrected chi connectivity index (χ3v) is 7.16. The van der Waals surface area contributed by atoms with E-state index < -0.39 is 0 Å². The molecule has 38 heavy (non-hydrogen) atoms. The Labute approximate surface area is 234 Å². The quantitative estimate of drug-likeness (QED) is 0.158. The molecule has 5 aromatic rings. The lowest BCUT2D eigenvalue weighted by Crippen LogP contribution is -2.03. The summed E-state index contributed by atoms with van der Waals surface area (Å²) in [5.41, 5.74) is 5.35. The average molecular weight is 558 g/mol. The van der Waals surface area contributed by atoms with Gasteiger partial charge in [-0.15, -0.1) is 5.10 Å². The number of hydrogen-bond donors (Lipinski definition) is 1. The molecule has 0 fully saturated rings. The Morgan fingerprint density at radius 2 is 1.74 bits per heavy atom. The molecule has 0 atom stereocenters. The van der Waals surface area contributed by atoms with E-state index in [0.29, 0.717) is 44.6 Å². The molecule has 0 aliphatic heterocycles. The molecule has 188 valence electrons. The van der Waals surface area contributed by atoms with Crippen LogP contribution in [0.3, 0.4) is 0 Å². The van der Waals surface area contributed by atoms with E-state index in [-0.39, 0.29) is 0 Å². The van der Waals surface area contributed by atoms with Crippen molar-refractivity contribution in [2.75, 3.05) is 5.32 Å². The summed E-state index contributed by atoms with van der Waals surface area (Å²) in [6, 6.07) is 25.1. The van der Waals surface area contributed by atoms with Crippen LogP contribution in [0.15, 0.2) is 84.1 Å². The molecule has 0 bridgehead atoms. The van der Waals surface area contributed by atoms with Crippen molar-refractivity contribution < 1.29 is 0 Å². The van der Waals surface area contributed by atoms with Crippen LogP contribution in [0.5, 0.6) is 0 Å². The first-order chi connectivity index (χ1) is 18.5. The van der Waals surface area contributed by atoms with Crippen molar-refractivity contribution in [1.82, 2.24) is 25.0 Å². The highest BCUT2D eigenvalue weighted by molar-refractivity contribution is 7.98. The average Bonchev–Trinajstić information content (AvgIpc) is 3.37. The van der Waals surface area contributed by atoms with Crippen LogP contribution in [-0.2, 0) is 12.3 Å². The van der Waals surface area contributed by atoms with E-state index in [1.54, 1.807) is 16.8 Å². The van der Waals surface area contributed by atoms with Crippen LogP contribution in [0.25, 0.3) is 11.3 Å². The highest BCUT2D eigenvalue weighted by atomic mass is 35.5. The molecule has 2 aromatic heterocycles. The molecular formula is C28H21Cl2N7S. The Kier molecular flexibility index (Phi) is 7.89. The Bertz CT molecular complexity index is 1610. The van der Waals surface area contributed by atoms with Crippen LogP contribution in [0, 0.1) is 18.3 Å². The van der Waals surface area contributed by atoms with Crippen molar-refractivity contribution in [2.45, 2.75) is 24.4 Å². The number of anilines is 2. The van der Waals surface area contributed by atoms with Crippen LogP contribution in [0.4, 0.5) is 11.5 Å². The van der Waals surface area contributed by atoms with Gasteiger partial charge in [0.1, 0.15) is 11.6 Å². The topological polar surface area (TPSA) is 92.3 Å². The third kappa shape index (κ3) is 6.14. The largest absolute Gasteiger partial charge is 0.339 e. The number of nitrogens with zero attached hydrogens (tertiary/aromatic N) is 6. The van der Waals surface area contributed by atoms with Gasteiger partial charge in [-0.05, 0) is 42.8 Å². The van der Waals surface area contributed by atoms with Crippen molar-refractivity contribution >= 4 is 46.5 Å². The molecule has 0 spiro atoms. The summed E-state index contributed by atoms with van der Waals surface area (Å²) in [5.74, 6) is 0.930. The van der Waals surface area contributed by atoms with E-state index in [1.807, 2.05) is 73.8 Å². The van der Waals surface area contributed by atoms with E-state index in [1.165, 1.54) is 11.8 Å². The Morgan fingerprint density at radius 1 is 0.974 bits per heavy atom. The molecule has 0 saturated carbocycles. The highest BCUT2D eigenvalue weighted by Crippen LogP contribution is 2.32. The normalized spacial score (nSPS) is 10.8. The number of halogens is 2. The number of nitriles is 1. The minimum atomic E-state index is 0.350. The van der Waals surface area contributed by atoms with Crippen molar-refractivity contribution in [1.29, 1.82) is 5.26 Å². The molecule has 0 saturated heterocycles. The maximum atomic E-state index is 10.0. The smallest absolute Gasteiger partial charge is 0.190 e. The van der Waals surface area contributed by atoms with Gasteiger partial charge in [-0.3, -0.25) is 0 Å². The second-order valence-corrected chi connectivity index (χ2v) is 10.3. The molecule has 5 rings (SSSR count). The van der Waals surface area contributed by atoms with Crippen molar-refractivity contribution in [3.63, 3.8) is 0 Å². The first-order valence-electron chi connectivity index (χ1n) is 11.7. The molecular weight excluding hydrogens is 537 g/mol. The van der Waals surface area contributed by atoms with Gasteiger partial charge in [-0.1, -0.05) is 88.2 Å². The number of hydrogen-bond acceptors (Lipinski definition) is 7. The van der Waals surface area contributed by atoms with Crippen LogP contribution in [0.2, 0.25) is 10.0 Å². The van der Waals surface area contributed by atoms with Crippen LogP contribution < -0.4 is 5.32 Å². The van der Waals surface area contributed by atoms with Crippen LogP contribution in [-0.4, -0.2) is 25.0 Å². The number of aromatic nitrogens is 5. The number of nitrogens with one attached hydrogen (secondary N) is 1. The van der Waals surface area contributed by atoms with Gasteiger partial charge >= 0.3 is 0 Å². The fourth-order valence-corrected chi connectivity index (χ4v) is 4.76. The van der Waals surface area contributed by atoms with Gasteiger partial charge in [0, 0.05) is 33.2 Å². The first kappa shape index (κ1) is 25.7. The predicted molar refractivity (Wildman–Crippen MR) is 152 cm³/mol. The molecule has 3 aromatic carbocycles.